The van der Waals surface area contributed by atoms with Crippen LogP contribution in [0.25, 0.3) is 0 Å². The van der Waals surface area contributed by atoms with Crippen LogP contribution in [0.2, 0.25) is 0 Å². The SMILES string of the molecule is C=C1C=C[C@@]2(C)C(=C1)[C@@H](F)C[C@H]1[C@@H]3C[C@H]4O[C@@H](c5ccc(Cc6cccc(CC(=O)CCOCCOCCOCCOCCCC(=O)CCN7C(=O)C=CC7=O)c6)cc5)O[C@@]4(C(=O)CO)[C@@]3(C)C[C@H](O)[C@@]12F. The van der Waals surface area contributed by atoms with Gasteiger partial charge in [-0.3, -0.25) is 28.9 Å². The quantitative estimate of drug-likeness (QED) is 0.0811. The van der Waals surface area contributed by atoms with Gasteiger partial charge in [0.1, 0.15) is 24.3 Å². The smallest absolute Gasteiger partial charge is 0.253 e. The normalized spacial score (nSPS) is 31.3. The molecule has 14 nitrogen and oxygen atoms in total. The molecular weight excluding hydrogens is 933 g/mol. The molecule has 72 heavy (non-hydrogen) atoms. The maximum absolute atomic E-state index is 17.8. The summed E-state index contributed by atoms with van der Waals surface area (Å²) in [5.41, 5.74) is -2.12. The molecule has 2 amide bonds. The number of allylic oxidation sites excluding steroid dienone is 5. The highest BCUT2D eigenvalue weighted by molar-refractivity contribution is 6.13. The molecule has 0 aromatic heterocycles. The van der Waals surface area contributed by atoms with Crippen molar-refractivity contribution in [2.75, 3.05) is 66.0 Å². The fraction of sp³-hybridized carbons (Fsp3) is 0.554. The van der Waals surface area contributed by atoms with Crippen molar-refractivity contribution in [2.45, 2.75) is 108 Å². The Morgan fingerprint density at radius 3 is 2.14 bits per heavy atom. The molecule has 4 aliphatic carbocycles. The Hall–Kier alpha value is -4.91. The lowest BCUT2D eigenvalue weighted by molar-refractivity contribution is -0.235. The Morgan fingerprint density at radius 2 is 1.46 bits per heavy atom. The van der Waals surface area contributed by atoms with Gasteiger partial charge in [-0.25, -0.2) is 8.78 Å². The Bertz CT molecular complexity index is 2440. The number of aliphatic hydroxyl groups excluding tert-OH is 2. The minimum Gasteiger partial charge on any atom is -0.390 e. The summed E-state index contributed by atoms with van der Waals surface area (Å²) in [6.45, 7) is 9.51. The number of imide groups is 1. The molecule has 388 valence electrons. The van der Waals surface area contributed by atoms with Crippen molar-refractivity contribution in [3.05, 3.63) is 119 Å². The summed E-state index contributed by atoms with van der Waals surface area (Å²) in [5.74, 6) is -2.90. The lowest BCUT2D eigenvalue weighted by atomic mass is 9.44. The summed E-state index contributed by atoms with van der Waals surface area (Å²) >= 11 is 0. The Balaban J connectivity index is 0.723. The van der Waals surface area contributed by atoms with Crippen molar-refractivity contribution in [1.29, 1.82) is 0 Å². The second-order valence-corrected chi connectivity index (χ2v) is 20.4. The summed E-state index contributed by atoms with van der Waals surface area (Å²) in [6, 6.07) is 15.5. The standard InChI is InChI=1S/C56H67F2NO13/c1-36-15-18-53(2)45(28-36)46(57)32-44-43-33-49-56(48(64)35-60,54(43,3)34-47(63)55(44,53)58)72-52(71-49)40-11-9-37(10-12-40)29-38-6-4-7-39(30-38)31-42(62)17-21-68-23-25-70-27-26-69-24-22-67-20-5-8-41(61)16-19-59-50(65)13-14-51(59)66/h4,6-7,9-15,18,28,30,43-44,46-47,49,52,60,63H,1,5,8,16-17,19-27,29,31-35H2,2-3H3/t43-,44-,46-,47-,49+,52+,53-,54-,55-,56+/m0/s1. The van der Waals surface area contributed by atoms with Crippen LogP contribution in [0.1, 0.15) is 87.3 Å². The van der Waals surface area contributed by atoms with Crippen LogP contribution in [-0.4, -0.2) is 140 Å². The first-order chi connectivity index (χ1) is 34.5. The number of nitrogens with zero attached hydrogens (tertiary/aromatic N) is 1. The van der Waals surface area contributed by atoms with E-state index in [4.69, 9.17) is 28.4 Å². The average Bonchev–Trinajstić information content (AvgIpc) is 3.98. The van der Waals surface area contributed by atoms with E-state index in [0.717, 1.165) is 21.6 Å². The predicted octanol–water partition coefficient (Wildman–Crippen LogP) is 6.14. The van der Waals surface area contributed by atoms with Crippen LogP contribution in [0.4, 0.5) is 8.78 Å². The van der Waals surface area contributed by atoms with Crippen LogP contribution >= 0.6 is 0 Å². The van der Waals surface area contributed by atoms with Gasteiger partial charge in [0.15, 0.2) is 23.3 Å². The molecule has 2 N–H and O–H groups in total. The second kappa shape index (κ2) is 22.7. The first-order valence-electron chi connectivity index (χ1n) is 25.2. The van der Waals surface area contributed by atoms with Crippen LogP contribution in [-0.2, 0) is 65.2 Å². The molecule has 2 aliphatic heterocycles. The number of rotatable bonds is 26. The molecule has 2 aromatic rings. The summed E-state index contributed by atoms with van der Waals surface area (Å²) in [4.78, 5) is 63.0. The number of amides is 2. The number of benzene rings is 2. The van der Waals surface area contributed by atoms with Crippen LogP contribution in [0.5, 0.6) is 0 Å². The number of ether oxygens (including phenoxy) is 6. The Kier molecular flexibility index (Phi) is 16.8. The summed E-state index contributed by atoms with van der Waals surface area (Å²) < 4.78 is 69.3. The molecule has 16 heteroatoms. The molecule has 6 aliphatic rings. The largest absolute Gasteiger partial charge is 0.390 e. The second-order valence-electron chi connectivity index (χ2n) is 20.4. The van der Waals surface area contributed by atoms with Gasteiger partial charge in [-0.15, -0.1) is 0 Å². The zero-order valence-electron chi connectivity index (χ0n) is 41.2. The monoisotopic (exact) mass is 999 g/mol. The van der Waals surface area contributed by atoms with E-state index < -0.39 is 82.8 Å². The number of halogens is 2. The van der Waals surface area contributed by atoms with E-state index in [1.54, 1.807) is 32.1 Å². The van der Waals surface area contributed by atoms with Crippen molar-refractivity contribution < 1.29 is 71.4 Å². The van der Waals surface area contributed by atoms with E-state index in [1.807, 2.05) is 48.5 Å². The Labute approximate surface area is 419 Å². The van der Waals surface area contributed by atoms with E-state index in [9.17, 15) is 34.2 Å². The van der Waals surface area contributed by atoms with Gasteiger partial charge in [-0.2, -0.15) is 0 Å². The van der Waals surface area contributed by atoms with Crippen LogP contribution in [0.15, 0.2) is 96.6 Å². The molecule has 0 bridgehead atoms. The number of carbonyl (C=O) groups is 5. The van der Waals surface area contributed by atoms with Crippen LogP contribution in [0, 0.1) is 22.7 Å². The van der Waals surface area contributed by atoms with Crippen molar-refractivity contribution in [3.8, 4) is 0 Å². The molecular formula is C56H67F2NO13. The molecule has 8 rings (SSSR count). The molecule has 0 unspecified atom stereocenters. The van der Waals surface area contributed by atoms with E-state index in [1.165, 1.54) is 12.2 Å². The zero-order valence-corrected chi connectivity index (χ0v) is 41.2. The average molecular weight is 1000 g/mol. The number of alkyl halides is 2. The number of ketones is 3. The highest BCUT2D eigenvalue weighted by Crippen LogP contribution is 2.72. The Morgan fingerprint density at radius 1 is 0.806 bits per heavy atom. The van der Waals surface area contributed by atoms with Crippen molar-refractivity contribution in [1.82, 2.24) is 4.90 Å². The van der Waals surface area contributed by atoms with E-state index in [2.05, 4.69) is 6.58 Å². The summed E-state index contributed by atoms with van der Waals surface area (Å²) in [6.07, 6.45) is 4.41. The van der Waals surface area contributed by atoms with Crippen molar-refractivity contribution in [2.24, 2.45) is 22.7 Å². The molecule has 2 heterocycles. The van der Waals surface area contributed by atoms with Crippen LogP contribution < -0.4 is 0 Å². The highest BCUT2D eigenvalue weighted by atomic mass is 19.1. The van der Waals surface area contributed by atoms with Gasteiger partial charge in [0.05, 0.1) is 58.5 Å². The third-order valence-electron chi connectivity index (χ3n) is 16.0. The molecule has 3 saturated carbocycles. The molecule has 10 atom stereocenters. The first kappa shape index (κ1) is 53.4. The fourth-order valence-electron chi connectivity index (χ4n) is 12.3. The van der Waals surface area contributed by atoms with E-state index in [-0.39, 0.29) is 68.8 Å². The predicted molar refractivity (Wildman–Crippen MR) is 259 cm³/mol. The van der Waals surface area contributed by atoms with Gasteiger partial charge in [-0.05, 0) is 72.8 Å². The maximum atomic E-state index is 17.8. The number of Topliss-reactive ketones (excluding diaryl/α,β-unsaturated/α-hetero) is 3. The van der Waals surface area contributed by atoms with Crippen molar-refractivity contribution in [3.63, 3.8) is 0 Å². The molecule has 2 aromatic carbocycles. The maximum Gasteiger partial charge on any atom is 0.253 e. The van der Waals surface area contributed by atoms with Gasteiger partial charge in [0, 0.05) is 73.3 Å². The van der Waals surface area contributed by atoms with Gasteiger partial charge in [-0.1, -0.05) is 80.3 Å². The molecule has 4 fully saturated rings. The first-order valence-corrected chi connectivity index (χ1v) is 25.2. The third-order valence-corrected chi connectivity index (χ3v) is 16.0. The van der Waals surface area contributed by atoms with Gasteiger partial charge in [0.25, 0.3) is 11.8 Å². The zero-order chi connectivity index (χ0) is 51.3. The number of hydrogen-bond donors (Lipinski definition) is 2. The molecule has 1 saturated heterocycles. The minimum absolute atomic E-state index is 0.0305. The molecule has 0 radical (unpaired) electrons. The number of aliphatic hydroxyl groups is 2. The lowest BCUT2D eigenvalue weighted by Crippen LogP contribution is -2.70. The van der Waals surface area contributed by atoms with Crippen molar-refractivity contribution >= 4 is 29.2 Å². The number of carbonyl (C=O) groups excluding carboxylic acids is 5. The van der Waals surface area contributed by atoms with Gasteiger partial charge < -0.3 is 38.6 Å². The topological polar surface area (TPSA) is 184 Å². The van der Waals surface area contributed by atoms with Gasteiger partial charge >= 0.3 is 0 Å². The number of hydrogen-bond acceptors (Lipinski definition) is 13. The minimum atomic E-state index is -2.22. The summed E-state index contributed by atoms with van der Waals surface area (Å²) in [7, 11) is 0. The fourth-order valence-corrected chi connectivity index (χ4v) is 12.3. The molecule has 0 spiro atoms. The van der Waals surface area contributed by atoms with Gasteiger partial charge in [0.2, 0.25) is 0 Å². The van der Waals surface area contributed by atoms with Crippen LogP contribution in [0.3, 0.4) is 0 Å². The van der Waals surface area contributed by atoms with E-state index in [0.29, 0.717) is 76.6 Å². The third kappa shape index (κ3) is 10.6. The van der Waals surface area contributed by atoms with E-state index >= 15 is 8.78 Å². The summed E-state index contributed by atoms with van der Waals surface area (Å²) in [5, 5.41) is 22.2. The lowest BCUT2D eigenvalue weighted by Gasteiger charge is -2.63. The number of fused-ring (bicyclic) bond motifs is 7. The highest BCUT2D eigenvalue weighted by Gasteiger charge is 2.80.